The highest BCUT2D eigenvalue weighted by atomic mass is 79.9. The van der Waals surface area contributed by atoms with Gasteiger partial charge >= 0.3 is 17.9 Å². The first-order valence-corrected chi connectivity index (χ1v) is 31.3. The van der Waals surface area contributed by atoms with E-state index in [1.54, 1.807) is 30.3 Å². The molecule has 0 spiro atoms. The zero-order chi connectivity index (χ0) is 59.1. The molecule has 2 saturated heterocycles. The van der Waals surface area contributed by atoms with Gasteiger partial charge in [-0.1, -0.05) is 187 Å². The summed E-state index contributed by atoms with van der Waals surface area (Å²) in [5.41, 5.74) is 1.84. The predicted octanol–water partition coefficient (Wildman–Crippen LogP) is 10.0. The molecule has 1 amide bonds. The molecule has 0 bridgehead atoms. The van der Waals surface area contributed by atoms with Gasteiger partial charge in [0.2, 0.25) is 5.91 Å². The summed E-state index contributed by atoms with van der Waals surface area (Å²) in [6.07, 6.45) is -10.5. The number of ether oxygens (including phenoxy) is 8. The molecule has 10 atom stereocenters. The molecule has 0 aliphatic carbocycles. The molecule has 0 radical (unpaired) electrons. The average Bonchev–Trinajstić information content (AvgIpc) is 3.55. The lowest BCUT2D eigenvalue weighted by molar-refractivity contribution is -0.325. The summed E-state index contributed by atoms with van der Waals surface area (Å²) in [6.45, 7) is 11.8. The summed E-state index contributed by atoms with van der Waals surface area (Å²) < 4.78 is 62.8. The number of halogens is 1. The van der Waals surface area contributed by atoms with E-state index in [-0.39, 0.29) is 50.6 Å². The molecule has 8 rings (SSSR count). The Labute approximate surface area is 499 Å². The fourth-order valence-electron chi connectivity index (χ4n) is 10.3. The third-order valence-corrected chi connectivity index (χ3v) is 21.0. The van der Waals surface area contributed by atoms with Crippen LogP contribution in [0, 0.1) is 6.92 Å². The van der Waals surface area contributed by atoms with Crippen molar-refractivity contribution in [3.63, 3.8) is 0 Å². The van der Waals surface area contributed by atoms with E-state index in [1.165, 1.54) is 32.5 Å². The van der Waals surface area contributed by atoms with Crippen molar-refractivity contribution in [3.05, 3.63) is 197 Å². The molecule has 1 N–H and O–H groups in total. The van der Waals surface area contributed by atoms with Gasteiger partial charge in [0, 0.05) is 29.6 Å². The molecule has 2 fully saturated rings. The van der Waals surface area contributed by atoms with Crippen LogP contribution in [0.1, 0.15) is 81.4 Å². The number of thioether (sulfide) groups is 1. The van der Waals surface area contributed by atoms with Gasteiger partial charge in [0.05, 0.1) is 31.8 Å². The lowest BCUT2D eigenvalue weighted by atomic mass is 9.94. The molecule has 2 aliphatic heterocycles. The minimum Gasteiger partial charge on any atom is -0.463 e. The quantitative estimate of drug-likeness (QED) is 0.0343. The third-order valence-electron chi connectivity index (χ3n) is 14.3. The van der Waals surface area contributed by atoms with Gasteiger partial charge in [0.1, 0.15) is 54.4 Å². The van der Waals surface area contributed by atoms with Gasteiger partial charge in [0.15, 0.2) is 18.5 Å². The molecule has 438 valence electrons. The molecular weight excluding hydrogens is 1160 g/mol. The van der Waals surface area contributed by atoms with Crippen molar-refractivity contribution in [2.45, 2.75) is 145 Å². The maximum Gasteiger partial charge on any atom is 0.338 e. The average molecular weight is 1230 g/mol. The number of ketones is 1. The van der Waals surface area contributed by atoms with E-state index < -0.39 is 97.7 Å². The van der Waals surface area contributed by atoms with Crippen molar-refractivity contribution in [3.8, 4) is 0 Å². The van der Waals surface area contributed by atoms with E-state index in [2.05, 4.69) is 66.3 Å². The molecule has 2 aliphatic rings. The lowest BCUT2D eigenvalue weighted by Crippen LogP contribution is -2.70. The topological polar surface area (TPSA) is 180 Å². The van der Waals surface area contributed by atoms with E-state index in [0.29, 0.717) is 0 Å². The van der Waals surface area contributed by atoms with Crippen molar-refractivity contribution in [1.82, 2.24) is 5.32 Å². The number of aryl methyl sites for hydroxylation is 1. The first-order valence-electron chi connectivity index (χ1n) is 27.7. The van der Waals surface area contributed by atoms with Crippen LogP contribution in [0.3, 0.4) is 0 Å². The fraction of sp³-hybridized carbons (Fsp3) is 0.369. The smallest absolute Gasteiger partial charge is 0.338 e. The largest absolute Gasteiger partial charge is 0.463 e. The Bertz CT molecular complexity index is 3030. The van der Waals surface area contributed by atoms with Crippen molar-refractivity contribution in [1.29, 1.82) is 0 Å². The second kappa shape index (κ2) is 29.5. The molecule has 6 aromatic rings. The number of rotatable bonds is 24. The minimum atomic E-state index is -3.38. The number of Topliss-reactive ketones (excluding diaryl/α,β-unsaturated/α-hetero) is 1. The van der Waals surface area contributed by atoms with Gasteiger partial charge < -0.3 is 52.4 Å². The maximum atomic E-state index is 14.5. The van der Waals surface area contributed by atoms with Crippen LogP contribution in [0.4, 0.5) is 0 Å². The molecule has 83 heavy (non-hydrogen) atoms. The van der Waals surface area contributed by atoms with Gasteiger partial charge in [-0.2, -0.15) is 0 Å². The maximum absolute atomic E-state index is 14.5. The molecule has 0 unspecified atom stereocenters. The second-order valence-corrected chi connectivity index (χ2v) is 28.1. The summed E-state index contributed by atoms with van der Waals surface area (Å²) in [5, 5.41) is 4.45. The number of carbonyl (C=O) groups is 5. The fourth-order valence-corrected chi connectivity index (χ4v) is 16.3. The van der Waals surface area contributed by atoms with Crippen LogP contribution in [0.5, 0.6) is 0 Å². The number of carbonyl (C=O) groups excluding carboxylic acids is 5. The molecule has 0 aromatic heterocycles. The molecule has 18 heteroatoms. The van der Waals surface area contributed by atoms with Crippen LogP contribution in [0.25, 0.3) is 0 Å². The number of hydrogen-bond donors (Lipinski definition) is 1. The molecule has 0 saturated carbocycles. The zero-order valence-corrected chi connectivity index (χ0v) is 51.1. The van der Waals surface area contributed by atoms with Gasteiger partial charge in [-0.05, 0) is 76.8 Å². The van der Waals surface area contributed by atoms with Crippen LogP contribution in [-0.2, 0) is 74.7 Å². The highest BCUT2D eigenvalue weighted by Crippen LogP contribution is 2.42. The summed E-state index contributed by atoms with van der Waals surface area (Å²) >= 11 is 4.82. The molecule has 2 heterocycles. The van der Waals surface area contributed by atoms with Crippen LogP contribution in [0.15, 0.2) is 179 Å². The first kappa shape index (κ1) is 62.7. The highest BCUT2D eigenvalue weighted by Gasteiger charge is 2.57. The molecular formula is C65H72BrNO14SSi. The number of amides is 1. The number of esters is 3. The van der Waals surface area contributed by atoms with Crippen molar-refractivity contribution in [2.24, 2.45) is 0 Å². The Balaban J connectivity index is 1.29. The summed E-state index contributed by atoms with van der Waals surface area (Å²) in [7, 11) is -3.38. The highest BCUT2D eigenvalue weighted by molar-refractivity contribution is 9.10. The van der Waals surface area contributed by atoms with Crippen molar-refractivity contribution in [2.75, 3.05) is 13.2 Å². The number of hydrogen-bond acceptors (Lipinski definition) is 15. The van der Waals surface area contributed by atoms with Crippen molar-refractivity contribution >= 4 is 76.0 Å². The van der Waals surface area contributed by atoms with E-state index in [0.717, 1.165) is 36.4 Å². The Hall–Kier alpha value is -6.32. The monoisotopic (exact) mass is 1230 g/mol. The summed E-state index contributed by atoms with van der Waals surface area (Å²) in [5.74, 6) is -2.70. The minimum absolute atomic E-state index is 0.000226. The standard InChI is InChI=1S/C65H72BrNO14SSi/c1-42-28-35-50(36-29-42)82-64-61(80-62(72)48-22-14-9-15-23-48)60(75-38-46-20-12-8-13-21-46)58(53(78-64)40-73-45(4)70)81-63-56(67-44(3)69)59(74-39-47-31-33-49(66)34-32-47)57(79-55(71)37-30-43(2)68)54(77-63)41-76-83(65(5,6)7,51-24-16-10-17-25-51)52-26-18-11-19-27-52/h8-29,31-36,53-54,56-61,63-64H,30,37-41H2,1-7H3,(H,67,69)/t53-,54+,56+,57+,58+,59+,60-,61+,63+,64-/m0/s1. The van der Waals surface area contributed by atoms with Crippen LogP contribution in [0.2, 0.25) is 5.04 Å². The molecule has 6 aromatic carbocycles. The Morgan fingerprint density at radius 2 is 1.16 bits per heavy atom. The van der Waals surface area contributed by atoms with Gasteiger partial charge in [0.25, 0.3) is 8.32 Å². The zero-order valence-electron chi connectivity index (χ0n) is 47.7. The predicted molar refractivity (Wildman–Crippen MR) is 320 cm³/mol. The van der Waals surface area contributed by atoms with E-state index in [9.17, 15) is 24.0 Å². The second-order valence-electron chi connectivity index (χ2n) is 21.7. The van der Waals surface area contributed by atoms with E-state index in [4.69, 9.17) is 42.3 Å². The van der Waals surface area contributed by atoms with Crippen LogP contribution >= 0.6 is 27.7 Å². The lowest BCUT2D eigenvalue weighted by Gasteiger charge is -2.50. The Morgan fingerprint density at radius 1 is 0.602 bits per heavy atom. The van der Waals surface area contributed by atoms with Gasteiger partial charge in [-0.25, -0.2) is 4.79 Å². The summed E-state index contributed by atoms with van der Waals surface area (Å²) in [4.78, 5) is 68.4. The third kappa shape index (κ3) is 16.7. The van der Waals surface area contributed by atoms with Gasteiger partial charge in [-0.15, -0.1) is 0 Å². The van der Waals surface area contributed by atoms with E-state index >= 15 is 0 Å². The van der Waals surface area contributed by atoms with E-state index in [1.807, 2.05) is 122 Å². The Morgan fingerprint density at radius 3 is 1.72 bits per heavy atom. The Kier molecular flexibility index (Phi) is 22.3. The summed E-state index contributed by atoms with van der Waals surface area (Å²) in [6, 6.07) is 52.0. The van der Waals surface area contributed by atoms with Crippen molar-refractivity contribution < 1.29 is 66.3 Å². The normalized spacial score (nSPS) is 22.7. The van der Waals surface area contributed by atoms with Gasteiger partial charge in [-0.3, -0.25) is 14.4 Å². The van der Waals surface area contributed by atoms with Crippen LogP contribution in [-0.4, -0.2) is 112 Å². The first-order chi connectivity index (χ1) is 39.9. The van der Waals surface area contributed by atoms with Crippen LogP contribution < -0.4 is 15.7 Å². The number of benzene rings is 6. The molecule has 15 nitrogen and oxygen atoms in total. The SMILES string of the molecule is CC(=O)CCC(=O)O[C@H]1[C@H](OCc2ccc(Br)cc2)[C@@H](NC(C)=O)[C@@H](O[C@H]2[C@H](OCc3ccccc3)[C@@H](OC(=O)c3ccccc3)[C@H](Sc3ccc(C)cc3)O[C@H]2COC(C)=O)O[C@@H]1CO[Si](c1ccccc1)(c1ccccc1)C(C)(C)C. The number of nitrogens with one attached hydrogen (secondary N) is 1.